The van der Waals surface area contributed by atoms with Crippen LogP contribution in [0.15, 0.2) is 48.5 Å². The van der Waals surface area contributed by atoms with Crippen molar-refractivity contribution in [1.82, 2.24) is 5.32 Å². The number of rotatable bonds is 5. The number of amides is 1. The van der Waals surface area contributed by atoms with Crippen LogP contribution in [0.5, 0.6) is 0 Å². The van der Waals surface area contributed by atoms with E-state index in [0.717, 1.165) is 17.7 Å². The number of hydrogen-bond acceptors (Lipinski definition) is 2. The van der Waals surface area contributed by atoms with Crippen LogP contribution in [0.1, 0.15) is 35.4 Å². The average Bonchev–Trinajstić information content (AvgIpc) is 2.50. The molecule has 0 aromatic heterocycles. The van der Waals surface area contributed by atoms with Gasteiger partial charge in [-0.25, -0.2) is 8.78 Å². The predicted molar refractivity (Wildman–Crippen MR) is 79.3 cm³/mol. The van der Waals surface area contributed by atoms with E-state index in [1.807, 2.05) is 18.2 Å². The van der Waals surface area contributed by atoms with Crippen molar-refractivity contribution in [2.75, 3.05) is 0 Å². The number of carbonyl (C=O) groups is 1. The van der Waals surface area contributed by atoms with Crippen molar-refractivity contribution >= 4 is 5.91 Å². The summed E-state index contributed by atoms with van der Waals surface area (Å²) in [6.07, 6.45) is -0.388. The standard InChI is InChI=1S/C17H17F2NO2/c1-11(9-16(21)12-5-3-2-4-6-12)20-17(22)13-7-8-14(18)15(19)10-13/h2-8,10-11,16,21H,9H2,1H3,(H,20,22). The Hall–Kier alpha value is -2.27. The van der Waals surface area contributed by atoms with Gasteiger partial charge < -0.3 is 10.4 Å². The molecule has 0 spiro atoms. The summed E-state index contributed by atoms with van der Waals surface area (Å²) < 4.78 is 26.0. The third-order valence-electron chi connectivity index (χ3n) is 3.32. The van der Waals surface area contributed by atoms with E-state index in [1.165, 1.54) is 6.07 Å². The summed E-state index contributed by atoms with van der Waals surface area (Å²) in [5.41, 5.74) is 0.802. The first-order chi connectivity index (χ1) is 10.5. The number of nitrogens with one attached hydrogen (secondary N) is 1. The molecule has 2 rings (SSSR count). The van der Waals surface area contributed by atoms with E-state index in [1.54, 1.807) is 19.1 Å². The van der Waals surface area contributed by atoms with E-state index < -0.39 is 23.6 Å². The second-order valence-corrected chi connectivity index (χ2v) is 5.17. The molecule has 0 radical (unpaired) electrons. The van der Waals surface area contributed by atoms with E-state index in [9.17, 15) is 18.7 Å². The molecule has 0 bridgehead atoms. The monoisotopic (exact) mass is 305 g/mol. The van der Waals surface area contributed by atoms with E-state index in [0.29, 0.717) is 6.42 Å². The number of hydrogen-bond donors (Lipinski definition) is 2. The molecule has 2 aromatic carbocycles. The molecule has 116 valence electrons. The number of halogens is 2. The summed E-state index contributed by atoms with van der Waals surface area (Å²) in [7, 11) is 0. The van der Waals surface area contributed by atoms with Gasteiger partial charge in [-0.15, -0.1) is 0 Å². The summed E-state index contributed by atoms with van der Waals surface area (Å²) in [5, 5.41) is 12.7. The van der Waals surface area contributed by atoms with E-state index in [4.69, 9.17) is 0 Å². The lowest BCUT2D eigenvalue weighted by Crippen LogP contribution is -2.33. The van der Waals surface area contributed by atoms with Crippen LogP contribution in [0.2, 0.25) is 0 Å². The van der Waals surface area contributed by atoms with Crippen molar-refractivity contribution in [3.05, 3.63) is 71.3 Å². The Labute approximate surface area is 127 Å². The van der Waals surface area contributed by atoms with Crippen LogP contribution in [-0.4, -0.2) is 17.1 Å². The first-order valence-electron chi connectivity index (χ1n) is 6.96. The van der Waals surface area contributed by atoms with Gasteiger partial charge in [-0.1, -0.05) is 30.3 Å². The van der Waals surface area contributed by atoms with Crippen LogP contribution in [-0.2, 0) is 0 Å². The molecule has 0 saturated heterocycles. The summed E-state index contributed by atoms with van der Waals surface area (Å²) in [4.78, 5) is 12.0. The van der Waals surface area contributed by atoms with Gasteiger partial charge in [0.15, 0.2) is 11.6 Å². The Balaban J connectivity index is 1.95. The summed E-state index contributed by atoms with van der Waals surface area (Å²) in [6.45, 7) is 1.74. The maximum absolute atomic E-state index is 13.1. The SMILES string of the molecule is CC(CC(O)c1ccccc1)NC(=O)c1ccc(F)c(F)c1. The number of aliphatic hydroxyl groups excluding tert-OH is 1. The fourth-order valence-electron chi connectivity index (χ4n) is 2.15. The second-order valence-electron chi connectivity index (χ2n) is 5.17. The van der Waals surface area contributed by atoms with Crippen LogP contribution in [0.4, 0.5) is 8.78 Å². The third kappa shape index (κ3) is 4.11. The van der Waals surface area contributed by atoms with Gasteiger partial charge >= 0.3 is 0 Å². The smallest absolute Gasteiger partial charge is 0.251 e. The van der Waals surface area contributed by atoms with E-state index in [-0.39, 0.29) is 11.6 Å². The van der Waals surface area contributed by atoms with Crippen molar-refractivity contribution in [2.45, 2.75) is 25.5 Å². The molecule has 3 nitrogen and oxygen atoms in total. The highest BCUT2D eigenvalue weighted by molar-refractivity contribution is 5.94. The molecule has 2 unspecified atom stereocenters. The molecule has 0 saturated carbocycles. The predicted octanol–water partition coefficient (Wildman–Crippen LogP) is 3.21. The van der Waals surface area contributed by atoms with Crippen LogP contribution < -0.4 is 5.32 Å². The Kier molecular flexibility index (Phi) is 5.22. The highest BCUT2D eigenvalue weighted by Crippen LogP contribution is 2.18. The fraction of sp³-hybridized carbons (Fsp3) is 0.235. The molecule has 0 heterocycles. The van der Waals surface area contributed by atoms with Crippen LogP contribution in [0.25, 0.3) is 0 Å². The van der Waals surface area contributed by atoms with E-state index >= 15 is 0 Å². The Morgan fingerprint density at radius 2 is 1.82 bits per heavy atom. The maximum Gasteiger partial charge on any atom is 0.251 e. The molecule has 2 atom stereocenters. The number of carbonyl (C=O) groups excluding carboxylic acids is 1. The molecular weight excluding hydrogens is 288 g/mol. The second kappa shape index (κ2) is 7.13. The summed E-state index contributed by atoms with van der Waals surface area (Å²) in [5.74, 6) is -2.57. The molecule has 0 aliphatic rings. The van der Waals surface area contributed by atoms with Crippen molar-refractivity contribution in [3.63, 3.8) is 0 Å². The first-order valence-corrected chi connectivity index (χ1v) is 6.96. The minimum Gasteiger partial charge on any atom is -0.388 e. The van der Waals surface area contributed by atoms with Crippen LogP contribution in [0, 0.1) is 11.6 Å². The Bertz CT molecular complexity index is 646. The van der Waals surface area contributed by atoms with Crippen molar-refractivity contribution in [2.24, 2.45) is 0 Å². The highest BCUT2D eigenvalue weighted by atomic mass is 19.2. The molecule has 0 fully saturated rings. The zero-order valence-electron chi connectivity index (χ0n) is 12.1. The van der Waals surface area contributed by atoms with E-state index in [2.05, 4.69) is 5.32 Å². The van der Waals surface area contributed by atoms with Gasteiger partial charge in [0.2, 0.25) is 0 Å². The lowest BCUT2D eigenvalue weighted by atomic mass is 10.0. The lowest BCUT2D eigenvalue weighted by Gasteiger charge is -2.18. The van der Waals surface area contributed by atoms with Crippen molar-refractivity contribution < 1.29 is 18.7 Å². The molecule has 22 heavy (non-hydrogen) atoms. The maximum atomic E-state index is 13.1. The molecular formula is C17H17F2NO2. The van der Waals surface area contributed by atoms with Crippen LogP contribution >= 0.6 is 0 Å². The van der Waals surface area contributed by atoms with Gasteiger partial charge in [0.1, 0.15) is 0 Å². The Morgan fingerprint density at radius 3 is 2.45 bits per heavy atom. The topological polar surface area (TPSA) is 49.3 Å². The minimum atomic E-state index is -1.07. The van der Waals surface area contributed by atoms with Gasteiger partial charge in [-0.2, -0.15) is 0 Å². The molecule has 2 aromatic rings. The van der Waals surface area contributed by atoms with Gasteiger partial charge in [-0.05, 0) is 37.1 Å². The number of aliphatic hydroxyl groups is 1. The van der Waals surface area contributed by atoms with Crippen molar-refractivity contribution in [1.29, 1.82) is 0 Å². The lowest BCUT2D eigenvalue weighted by molar-refractivity contribution is 0.0916. The quantitative estimate of drug-likeness (QED) is 0.891. The molecule has 0 aliphatic carbocycles. The molecule has 2 N–H and O–H groups in total. The van der Waals surface area contributed by atoms with Gasteiger partial charge in [-0.3, -0.25) is 4.79 Å². The fourth-order valence-corrected chi connectivity index (χ4v) is 2.15. The minimum absolute atomic E-state index is 0.0416. The Morgan fingerprint density at radius 1 is 1.14 bits per heavy atom. The zero-order chi connectivity index (χ0) is 16.1. The van der Waals surface area contributed by atoms with Crippen molar-refractivity contribution in [3.8, 4) is 0 Å². The summed E-state index contributed by atoms with van der Waals surface area (Å²) in [6, 6.07) is 11.8. The van der Waals surface area contributed by atoms with Gasteiger partial charge in [0.05, 0.1) is 6.10 Å². The normalized spacial score (nSPS) is 13.5. The summed E-state index contributed by atoms with van der Waals surface area (Å²) >= 11 is 0. The van der Waals surface area contributed by atoms with Crippen LogP contribution in [0.3, 0.4) is 0 Å². The largest absolute Gasteiger partial charge is 0.388 e. The third-order valence-corrected chi connectivity index (χ3v) is 3.32. The highest BCUT2D eigenvalue weighted by Gasteiger charge is 2.16. The molecule has 5 heteroatoms. The first kappa shape index (κ1) is 16.1. The molecule has 1 amide bonds. The molecule has 0 aliphatic heterocycles. The van der Waals surface area contributed by atoms with Gasteiger partial charge in [0.25, 0.3) is 5.91 Å². The zero-order valence-corrected chi connectivity index (χ0v) is 12.1. The number of benzene rings is 2. The average molecular weight is 305 g/mol. The van der Waals surface area contributed by atoms with Gasteiger partial charge in [0, 0.05) is 11.6 Å².